The topological polar surface area (TPSA) is 106 Å². The van der Waals surface area contributed by atoms with Crippen molar-refractivity contribution in [3.8, 4) is 11.3 Å². The number of nitrogens with two attached hydrogens (primary N) is 1. The molecule has 37 heavy (non-hydrogen) atoms. The molecule has 1 aromatic carbocycles. The number of halogens is 5. The molecule has 0 radical (unpaired) electrons. The lowest BCUT2D eigenvalue weighted by Crippen LogP contribution is -2.40. The fraction of sp³-hybridized carbons (Fsp3) is 0.292. The Bertz CT molecular complexity index is 1410. The molecular weight excluding hydrogens is 519 g/mol. The van der Waals surface area contributed by atoms with E-state index < -0.39 is 52.3 Å². The molecule has 3 aromatic rings. The summed E-state index contributed by atoms with van der Waals surface area (Å²) >= 11 is 0. The maximum Gasteiger partial charge on any atom is 0.433 e. The summed E-state index contributed by atoms with van der Waals surface area (Å²) < 4.78 is 92.8. The van der Waals surface area contributed by atoms with E-state index in [1.807, 2.05) is 0 Å². The van der Waals surface area contributed by atoms with Gasteiger partial charge in [0.25, 0.3) is 0 Å². The second-order valence-corrected chi connectivity index (χ2v) is 10.4. The highest BCUT2D eigenvalue weighted by molar-refractivity contribution is 7.89. The molecular formula is C24H21F5N4O3S. The third kappa shape index (κ3) is 5.77. The number of Topliss-reactive ketones (excluding diaryl/α,β-unsaturated/α-hetero) is 1. The zero-order valence-electron chi connectivity index (χ0n) is 19.1. The molecule has 1 aliphatic heterocycles. The van der Waals surface area contributed by atoms with Gasteiger partial charge in [-0.15, -0.1) is 0 Å². The number of nitrogens with zero attached hydrogens (tertiary/aromatic N) is 3. The zero-order valence-corrected chi connectivity index (χ0v) is 19.9. The number of carbonyl (C=O) groups is 1. The van der Waals surface area contributed by atoms with Gasteiger partial charge in [-0.2, -0.15) is 17.5 Å². The molecule has 1 fully saturated rings. The fourth-order valence-electron chi connectivity index (χ4n) is 4.12. The van der Waals surface area contributed by atoms with Gasteiger partial charge in [-0.25, -0.2) is 22.2 Å². The lowest BCUT2D eigenvalue weighted by molar-refractivity contribution is -0.141. The Morgan fingerprint density at radius 3 is 2.46 bits per heavy atom. The number of hydrogen-bond acceptors (Lipinski definition) is 6. The standard InChI is InChI=1S/C24H21F5N4O3S/c25-15-2-4-17(5-3-15)37(35,36)33-13-16(26)12-20(33)21(34)7-1-14-9-10-31-19(11-14)18-6-8-22(24(27,28)29)32-23(18)30/h2-6,8-11,16,20H,1,7,12-13H2,(H2,30,32)/t16-,20+/m1/s1. The van der Waals surface area contributed by atoms with Gasteiger partial charge in [0.05, 0.1) is 16.6 Å². The summed E-state index contributed by atoms with van der Waals surface area (Å²) in [4.78, 5) is 20.2. The molecule has 13 heteroatoms. The summed E-state index contributed by atoms with van der Waals surface area (Å²) in [7, 11) is -4.23. The van der Waals surface area contributed by atoms with E-state index in [2.05, 4.69) is 9.97 Å². The third-order valence-corrected chi connectivity index (χ3v) is 7.86. The molecule has 196 valence electrons. The lowest BCUT2D eigenvalue weighted by atomic mass is 10.0. The van der Waals surface area contributed by atoms with Crippen molar-refractivity contribution in [2.45, 2.75) is 42.5 Å². The van der Waals surface area contributed by atoms with E-state index in [9.17, 15) is 35.2 Å². The van der Waals surface area contributed by atoms with Gasteiger partial charge in [0, 0.05) is 31.1 Å². The normalized spacial score (nSPS) is 18.7. The summed E-state index contributed by atoms with van der Waals surface area (Å²) in [5.41, 5.74) is 5.57. The van der Waals surface area contributed by atoms with Crippen LogP contribution in [0.5, 0.6) is 0 Å². The van der Waals surface area contributed by atoms with Crippen molar-refractivity contribution in [1.82, 2.24) is 14.3 Å². The Morgan fingerprint density at radius 2 is 1.81 bits per heavy atom. The highest BCUT2D eigenvalue weighted by Gasteiger charge is 2.43. The summed E-state index contributed by atoms with van der Waals surface area (Å²) in [5, 5.41) is 0. The van der Waals surface area contributed by atoms with E-state index in [4.69, 9.17) is 5.73 Å². The molecule has 1 aliphatic rings. The predicted molar refractivity (Wildman–Crippen MR) is 124 cm³/mol. The Hall–Kier alpha value is -3.45. The maximum atomic E-state index is 14.2. The van der Waals surface area contributed by atoms with Gasteiger partial charge in [0.1, 0.15) is 23.5 Å². The number of aromatic nitrogens is 2. The van der Waals surface area contributed by atoms with Crippen LogP contribution < -0.4 is 5.73 Å². The summed E-state index contributed by atoms with van der Waals surface area (Å²) in [6.07, 6.45) is -5.08. The number of benzene rings is 1. The van der Waals surface area contributed by atoms with Crippen molar-refractivity contribution in [2.75, 3.05) is 12.3 Å². The first-order valence-electron chi connectivity index (χ1n) is 11.1. The molecule has 0 amide bonds. The Labute approximate surface area is 209 Å². The maximum absolute atomic E-state index is 14.2. The number of ketones is 1. The minimum absolute atomic E-state index is 0.128. The van der Waals surface area contributed by atoms with Gasteiger partial charge in [-0.05, 0) is 60.5 Å². The van der Waals surface area contributed by atoms with Crippen LogP contribution in [0, 0.1) is 5.82 Å². The number of carbonyl (C=O) groups excluding carboxylic acids is 1. The number of alkyl halides is 4. The van der Waals surface area contributed by atoms with Crippen LogP contribution in [0.1, 0.15) is 24.1 Å². The summed E-state index contributed by atoms with van der Waals surface area (Å²) in [6.45, 7) is -0.490. The summed E-state index contributed by atoms with van der Waals surface area (Å²) in [6, 6.07) is 7.88. The Balaban J connectivity index is 1.49. The minimum atomic E-state index is -4.65. The molecule has 2 aromatic heterocycles. The lowest BCUT2D eigenvalue weighted by Gasteiger charge is -2.22. The summed E-state index contributed by atoms with van der Waals surface area (Å²) in [5.74, 6) is -1.50. The van der Waals surface area contributed by atoms with Crippen LogP contribution in [0.3, 0.4) is 0 Å². The van der Waals surface area contributed by atoms with E-state index >= 15 is 0 Å². The molecule has 0 bridgehead atoms. The first kappa shape index (κ1) is 26.6. The van der Waals surface area contributed by atoms with Gasteiger partial charge in [-0.3, -0.25) is 9.78 Å². The molecule has 0 saturated carbocycles. The number of anilines is 1. The van der Waals surface area contributed by atoms with Crippen molar-refractivity contribution in [3.63, 3.8) is 0 Å². The number of hydrogen-bond donors (Lipinski definition) is 1. The number of rotatable bonds is 7. The molecule has 4 rings (SSSR count). The van der Waals surface area contributed by atoms with Crippen LogP contribution in [-0.2, 0) is 27.4 Å². The van der Waals surface area contributed by atoms with Crippen LogP contribution in [-0.4, -0.2) is 47.2 Å². The van der Waals surface area contributed by atoms with Crippen LogP contribution in [0.2, 0.25) is 0 Å². The van der Waals surface area contributed by atoms with Gasteiger partial charge in [0.15, 0.2) is 5.78 Å². The first-order chi connectivity index (χ1) is 17.4. The largest absolute Gasteiger partial charge is 0.433 e. The van der Waals surface area contributed by atoms with Crippen LogP contribution >= 0.6 is 0 Å². The van der Waals surface area contributed by atoms with Gasteiger partial charge in [0.2, 0.25) is 10.0 Å². The van der Waals surface area contributed by atoms with E-state index in [1.165, 1.54) is 12.3 Å². The molecule has 2 atom stereocenters. The van der Waals surface area contributed by atoms with E-state index in [1.54, 1.807) is 6.07 Å². The quantitative estimate of drug-likeness (QED) is 0.451. The molecule has 3 heterocycles. The van der Waals surface area contributed by atoms with Crippen LogP contribution in [0.25, 0.3) is 11.3 Å². The van der Waals surface area contributed by atoms with E-state index in [0.29, 0.717) is 5.56 Å². The number of nitrogen functional groups attached to an aromatic ring is 1. The molecule has 7 nitrogen and oxygen atoms in total. The highest BCUT2D eigenvalue weighted by Crippen LogP contribution is 2.32. The Kier molecular flexibility index (Phi) is 7.29. The van der Waals surface area contributed by atoms with Crippen molar-refractivity contribution in [3.05, 3.63) is 71.8 Å². The van der Waals surface area contributed by atoms with Gasteiger partial charge >= 0.3 is 6.18 Å². The van der Waals surface area contributed by atoms with Crippen molar-refractivity contribution < 1.29 is 35.2 Å². The smallest absolute Gasteiger partial charge is 0.383 e. The molecule has 0 unspecified atom stereocenters. The second kappa shape index (κ2) is 10.1. The van der Waals surface area contributed by atoms with Crippen molar-refractivity contribution in [1.29, 1.82) is 0 Å². The molecule has 1 saturated heterocycles. The van der Waals surface area contributed by atoms with Crippen molar-refractivity contribution in [2.24, 2.45) is 0 Å². The minimum Gasteiger partial charge on any atom is -0.383 e. The van der Waals surface area contributed by atoms with Gasteiger partial charge < -0.3 is 5.73 Å². The second-order valence-electron chi connectivity index (χ2n) is 8.52. The average molecular weight is 541 g/mol. The van der Waals surface area contributed by atoms with Crippen LogP contribution in [0.15, 0.2) is 59.6 Å². The highest BCUT2D eigenvalue weighted by atomic mass is 32.2. The number of aryl methyl sites for hydroxylation is 1. The first-order valence-corrected chi connectivity index (χ1v) is 12.5. The number of sulfonamides is 1. The predicted octanol–water partition coefficient (Wildman–Crippen LogP) is 4.19. The van der Waals surface area contributed by atoms with E-state index in [0.717, 1.165) is 40.7 Å². The fourth-order valence-corrected chi connectivity index (χ4v) is 5.76. The number of pyridine rings is 2. The monoisotopic (exact) mass is 540 g/mol. The average Bonchev–Trinajstić information content (AvgIpc) is 3.25. The van der Waals surface area contributed by atoms with Gasteiger partial charge in [-0.1, -0.05) is 0 Å². The third-order valence-electron chi connectivity index (χ3n) is 5.97. The molecule has 0 aliphatic carbocycles. The zero-order chi connectivity index (χ0) is 27.0. The SMILES string of the molecule is Nc1nc(C(F)(F)F)ccc1-c1cc(CCC(=O)[C@@H]2C[C@@H](F)CN2S(=O)(=O)c2ccc(F)cc2)ccn1. The van der Waals surface area contributed by atoms with Crippen molar-refractivity contribution >= 4 is 21.6 Å². The molecule has 0 spiro atoms. The Morgan fingerprint density at radius 1 is 1.11 bits per heavy atom. The van der Waals surface area contributed by atoms with Crippen LogP contribution in [0.4, 0.5) is 27.8 Å². The molecule has 2 N–H and O–H groups in total. The van der Waals surface area contributed by atoms with E-state index in [-0.39, 0.29) is 41.2 Å².